The van der Waals surface area contributed by atoms with E-state index >= 15 is 0 Å². The lowest BCUT2D eigenvalue weighted by Crippen LogP contribution is -2.22. The maximum absolute atomic E-state index is 12.1. The van der Waals surface area contributed by atoms with Crippen LogP contribution in [0.25, 0.3) is 16.8 Å². The maximum Gasteiger partial charge on any atom is 0.293 e. The summed E-state index contributed by atoms with van der Waals surface area (Å²) in [7, 11) is 3.05. The second-order valence-corrected chi connectivity index (χ2v) is 7.61. The number of imide groups is 1. The summed E-state index contributed by atoms with van der Waals surface area (Å²) in [5.41, 5.74) is 1.82. The molecule has 1 aliphatic rings. The molecule has 6 heteroatoms. The van der Waals surface area contributed by atoms with Crippen molar-refractivity contribution in [3.63, 3.8) is 0 Å². The highest BCUT2D eigenvalue weighted by Crippen LogP contribution is 2.34. The van der Waals surface area contributed by atoms with Crippen LogP contribution in [0.1, 0.15) is 11.1 Å². The molecule has 0 aromatic heterocycles. The summed E-state index contributed by atoms with van der Waals surface area (Å²) >= 11 is 0.929. The van der Waals surface area contributed by atoms with Gasteiger partial charge in [0.05, 0.1) is 12.0 Å². The van der Waals surface area contributed by atoms with Crippen molar-refractivity contribution in [2.24, 2.45) is 0 Å². The van der Waals surface area contributed by atoms with Crippen molar-refractivity contribution in [2.45, 2.75) is 6.61 Å². The Kier molecular flexibility index (Phi) is 5.27. The number of nitrogens with zero attached hydrogens (tertiary/aromatic N) is 1. The molecule has 3 aromatic rings. The molecule has 0 spiro atoms. The van der Waals surface area contributed by atoms with Crippen LogP contribution in [0.3, 0.4) is 0 Å². The molecular weight excluding hydrogens is 386 g/mol. The molecule has 1 aliphatic heterocycles. The van der Waals surface area contributed by atoms with E-state index in [4.69, 9.17) is 9.47 Å². The Morgan fingerprint density at radius 1 is 0.966 bits per heavy atom. The van der Waals surface area contributed by atoms with E-state index in [-0.39, 0.29) is 11.1 Å². The number of thioether (sulfide) groups is 1. The number of hydrogen-bond acceptors (Lipinski definition) is 5. The fraction of sp³-hybridized carbons (Fsp3) is 0.130. The number of likely N-dealkylation sites (N-methyl/N-ethyl adjacent to an activating group) is 1. The number of amides is 2. The molecule has 3 aromatic carbocycles. The van der Waals surface area contributed by atoms with E-state index in [1.165, 1.54) is 17.8 Å². The van der Waals surface area contributed by atoms with E-state index in [1.807, 2.05) is 30.3 Å². The van der Waals surface area contributed by atoms with Crippen molar-refractivity contribution in [1.29, 1.82) is 0 Å². The number of rotatable bonds is 5. The van der Waals surface area contributed by atoms with Crippen LogP contribution in [0.5, 0.6) is 11.5 Å². The highest BCUT2D eigenvalue weighted by atomic mass is 32.2. The summed E-state index contributed by atoms with van der Waals surface area (Å²) in [6.07, 6.45) is 1.68. The minimum Gasteiger partial charge on any atom is -0.493 e. The van der Waals surface area contributed by atoms with Gasteiger partial charge in [0, 0.05) is 7.05 Å². The fourth-order valence-electron chi connectivity index (χ4n) is 3.08. The Morgan fingerprint density at radius 3 is 2.48 bits per heavy atom. The quantitative estimate of drug-likeness (QED) is 0.553. The highest BCUT2D eigenvalue weighted by molar-refractivity contribution is 8.18. The van der Waals surface area contributed by atoms with Gasteiger partial charge in [0.1, 0.15) is 6.61 Å². The summed E-state index contributed by atoms with van der Waals surface area (Å²) in [5, 5.41) is 2.08. The standard InChI is InChI=1S/C23H19NO4S/c1-24-22(25)21(29-23(24)26)13-15-8-10-19(20(12-15)27-2)28-14-16-7-9-17-5-3-4-6-18(17)11-16/h3-13H,14H2,1-2H3/b21-13-. The van der Waals surface area contributed by atoms with Gasteiger partial charge >= 0.3 is 0 Å². The molecule has 29 heavy (non-hydrogen) atoms. The number of ether oxygens (including phenoxy) is 2. The molecule has 1 saturated heterocycles. The van der Waals surface area contributed by atoms with Crippen molar-refractivity contribution >= 4 is 39.8 Å². The molecule has 4 rings (SSSR count). The molecule has 5 nitrogen and oxygen atoms in total. The third kappa shape index (κ3) is 3.98. The van der Waals surface area contributed by atoms with Crippen molar-refractivity contribution in [2.75, 3.05) is 14.2 Å². The lowest BCUT2D eigenvalue weighted by atomic mass is 10.1. The Morgan fingerprint density at radius 2 is 1.76 bits per heavy atom. The minimum atomic E-state index is -0.296. The first-order valence-corrected chi connectivity index (χ1v) is 9.87. The van der Waals surface area contributed by atoms with Crippen LogP contribution < -0.4 is 9.47 Å². The van der Waals surface area contributed by atoms with Crippen LogP contribution in [-0.2, 0) is 11.4 Å². The van der Waals surface area contributed by atoms with Crippen LogP contribution in [0.4, 0.5) is 4.79 Å². The molecule has 1 heterocycles. The van der Waals surface area contributed by atoms with E-state index in [9.17, 15) is 9.59 Å². The van der Waals surface area contributed by atoms with Crippen molar-refractivity contribution < 1.29 is 19.1 Å². The van der Waals surface area contributed by atoms with Gasteiger partial charge in [-0.2, -0.15) is 0 Å². The van der Waals surface area contributed by atoms with Crippen LogP contribution in [-0.4, -0.2) is 30.2 Å². The first-order chi connectivity index (χ1) is 14.0. The van der Waals surface area contributed by atoms with Gasteiger partial charge in [-0.15, -0.1) is 0 Å². The Labute approximate surface area is 172 Å². The average molecular weight is 405 g/mol. The van der Waals surface area contributed by atoms with Crippen LogP contribution in [0.15, 0.2) is 65.6 Å². The smallest absolute Gasteiger partial charge is 0.293 e. The Bertz CT molecular complexity index is 1140. The molecule has 1 fully saturated rings. The molecule has 0 unspecified atom stereocenters. The topological polar surface area (TPSA) is 55.8 Å². The van der Waals surface area contributed by atoms with E-state index in [1.54, 1.807) is 19.3 Å². The van der Waals surface area contributed by atoms with Gasteiger partial charge in [-0.05, 0) is 57.9 Å². The molecule has 0 atom stereocenters. The summed E-state index contributed by atoms with van der Waals surface area (Å²) in [5.74, 6) is 0.882. The predicted octanol–water partition coefficient (Wildman–Crippen LogP) is 5.09. The number of benzene rings is 3. The summed E-state index contributed by atoms with van der Waals surface area (Å²) in [6, 6.07) is 19.9. The Hall–Kier alpha value is -3.25. The van der Waals surface area contributed by atoms with Crippen molar-refractivity contribution in [3.05, 3.63) is 76.7 Å². The molecule has 0 radical (unpaired) electrons. The molecule has 0 aliphatic carbocycles. The maximum atomic E-state index is 12.1. The number of methoxy groups -OCH3 is 1. The van der Waals surface area contributed by atoms with E-state index in [2.05, 4.69) is 24.3 Å². The zero-order valence-electron chi connectivity index (χ0n) is 16.0. The lowest BCUT2D eigenvalue weighted by molar-refractivity contribution is -0.121. The summed E-state index contributed by atoms with van der Waals surface area (Å²) in [6.45, 7) is 0.412. The summed E-state index contributed by atoms with van der Waals surface area (Å²) in [4.78, 5) is 25.2. The number of fused-ring (bicyclic) bond motifs is 1. The first-order valence-electron chi connectivity index (χ1n) is 9.05. The van der Waals surface area contributed by atoms with Gasteiger partial charge in [0.2, 0.25) is 0 Å². The fourth-order valence-corrected chi connectivity index (χ4v) is 3.91. The van der Waals surface area contributed by atoms with E-state index < -0.39 is 0 Å². The van der Waals surface area contributed by atoms with Gasteiger partial charge < -0.3 is 9.47 Å². The van der Waals surface area contributed by atoms with Gasteiger partial charge in [-0.3, -0.25) is 14.5 Å². The third-order valence-electron chi connectivity index (χ3n) is 4.68. The lowest BCUT2D eigenvalue weighted by Gasteiger charge is -2.12. The highest BCUT2D eigenvalue weighted by Gasteiger charge is 2.31. The van der Waals surface area contributed by atoms with Crippen molar-refractivity contribution in [3.8, 4) is 11.5 Å². The van der Waals surface area contributed by atoms with Gasteiger partial charge in [0.15, 0.2) is 11.5 Å². The molecule has 2 amide bonds. The predicted molar refractivity (Wildman–Crippen MR) is 115 cm³/mol. The normalized spacial score (nSPS) is 15.4. The molecular formula is C23H19NO4S. The zero-order valence-corrected chi connectivity index (χ0v) is 16.9. The van der Waals surface area contributed by atoms with E-state index in [0.717, 1.165) is 27.8 Å². The molecule has 0 saturated carbocycles. The summed E-state index contributed by atoms with van der Waals surface area (Å²) < 4.78 is 11.4. The second-order valence-electron chi connectivity index (χ2n) is 6.62. The number of carbonyl (C=O) groups excluding carboxylic acids is 2. The van der Waals surface area contributed by atoms with Crippen LogP contribution in [0, 0.1) is 0 Å². The van der Waals surface area contributed by atoms with Crippen LogP contribution in [0.2, 0.25) is 0 Å². The zero-order chi connectivity index (χ0) is 20.4. The SMILES string of the molecule is COc1cc(/C=C2\SC(=O)N(C)C2=O)ccc1OCc1ccc2ccccc2c1. The minimum absolute atomic E-state index is 0.274. The number of carbonyl (C=O) groups is 2. The van der Waals surface area contributed by atoms with Gasteiger partial charge in [-0.25, -0.2) is 0 Å². The Balaban J connectivity index is 1.52. The van der Waals surface area contributed by atoms with Gasteiger partial charge in [-0.1, -0.05) is 42.5 Å². The molecule has 0 bridgehead atoms. The largest absolute Gasteiger partial charge is 0.493 e. The van der Waals surface area contributed by atoms with Crippen LogP contribution >= 0.6 is 11.8 Å². The molecule has 0 N–H and O–H groups in total. The van der Waals surface area contributed by atoms with Crippen molar-refractivity contribution in [1.82, 2.24) is 4.90 Å². The average Bonchev–Trinajstić information content (AvgIpc) is 2.99. The monoisotopic (exact) mass is 405 g/mol. The van der Waals surface area contributed by atoms with E-state index in [0.29, 0.717) is 23.0 Å². The first kappa shape index (κ1) is 19.1. The third-order valence-corrected chi connectivity index (χ3v) is 5.64. The number of hydrogen-bond donors (Lipinski definition) is 0. The molecule has 146 valence electrons. The second kappa shape index (κ2) is 8.01. The van der Waals surface area contributed by atoms with Gasteiger partial charge in [0.25, 0.3) is 11.1 Å².